The molecule has 2 aromatic carbocycles. The molecule has 0 unspecified atom stereocenters. The Kier molecular flexibility index (Phi) is 7.71. The van der Waals surface area contributed by atoms with Gasteiger partial charge in [-0.15, -0.1) is 0 Å². The number of hydrogen-bond donors (Lipinski definition) is 1. The maximum absolute atomic E-state index is 13.2. The molecule has 2 amide bonds. The van der Waals surface area contributed by atoms with Crippen LogP contribution in [0.5, 0.6) is 17.2 Å². The van der Waals surface area contributed by atoms with Crippen LogP contribution in [-0.2, 0) is 9.53 Å². The van der Waals surface area contributed by atoms with Crippen LogP contribution in [0.25, 0.3) is 0 Å². The molecule has 182 valence electrons. The quantitative estimate of drug-likeness (QED) is 0.584. The predicted octanol–water partition coefficient (Wildman–Crippen LogP) is 4.22. The summed E-state index contributed by atoms with van der Waals surface area (Å²) < 4.78 is 22.4. The highest BCUT2D eigenvalue weighted by molar-refractivity contribution is 5.95. The van der Waals surface area contributed by atoms with Gasteiger partial charge < -0.3 is 24.3 Å². The Labute approximate surface area is 200 Å². The first-order chi connectivity index (χ1) is 16.2. The number of carbonyl (C=O) groups excluding carboxylic acids is 2. The standard InChI is InChI=1S/C26H32N2O6/c1-8-33-25(29)23-20(14-34-22-12-15(2)11-16(3)17(22)4)28(5)26(30)27-24(23)19-13-18(31-6)9-10-21(19)32-7/h9-13,24H,8,14H2,1-7H3,(H,27,30)/t24-/m0/s1. The van der Waals surface area contributed by atoms with Crippen molar-refractivity contribution in [1.82, 2.24) is 10.2 Å². The fraction of sp³-hybridized carbons (Fsp3) is 0.385. The van der Waals surface area contributed by atoms with E-state index in [1.165, 1.54) is 12.0 Å². The normalized spacial score (nSPS) is 15.7. The van der Waals surface area contributed by atoms with Crippen molar-refractivity contribution in [3.05, 3.63) is 63.9 Å². The molecule has 34 heavy (non-hydrogen) atoms. The van der Waals surface area contributed by atoms with Crippen molar-refractivity contribution in [3.8, 4) is 17.2 Å². The number of methoxy groups -OCH3 is 2. The molecule has 0 aromatic heterocycles. The molecule has 0 radical (unpaired) electrons. The number of aryl methyl sites for hydroxylation is 2. The Balaban J connectivity index is 2.14. The van der Waals surface area contributed by atoms with Crippen molar-refractivity contribution in [3.63, 3.8) is 0 Å². The minimum atomic E-state index is -0.813. The number of nitrogens with zero attached hydrogens (tertiary/aromatic N) is 1. The van der Waals surface area contributed by atoms with Crippen LogP contribution >= 0.6 is 0 Å². The van der Waals surface area contributed by atoms with E-state index in [2.05, 4.69) is 11.4 Å². The van der Waals surface area contributed by atoms with Crippen LogP contribution in [0, 0.1) is 20.8 Å². The second-order valence-electron chi connectivity index (χ2n) is 8.12. The summed E-state index contributed by atoms with van der Waals surface area (Å²) in [5.74, 6) is 1.22. The first-order valence-corrected chi connectivity index (χ1v) is 11.1. The zero-order chi connectivity index (χ0) is 25.0. The molecule has 1 N–H and O–H groups in total. The Hall–Kier alpha value is -3.68. The highest BCUT2D eigenvalue weighted by Crippen LogP contribution is 2.38. The summed E-state index contributed by atoms with van der Waals surface area (Å²) in [7, 11) is 4.68. The number of nitrogens with one attached hydrogen (secondary N) is 1. The van der Waals surface area contributed by atoms with Gasteiger partial charge in [-0.25, -0.2) is 9.59 Å². The minimum Gasteiger partial charge on any atom is -0.497 e. The van der Waals surface area contributed by atoms with Gasteiger partial charge in [-0.05, 0) is 68.7 Å². The van der Waals surface area contributed by atoms with Gasteiger partial charge in [0.15, 0.2) is 0 Å². The van der Waals surface area contributed by atoms with Gasteiger partial charge in [-0.3, -0.25) is 4.90 Å². The fourth-order valence-electron chi connectivity index (χ4n) is 3.98. The van der Waals surface area contributed by atoms with E-state index < -0.39 is 12.0 Å². The molecule has 0 bridgehead atoms. The second-order valence-corrected chi connectivity index (χ2v) is 8.12. The SMILES string of the molecule is CCOC(=O)C1=C(COc2cc(C)cc(C)c2C)N(C)C(=O)N[C@H]1c1cc(OC)ccc1OC. The Morgan fingerprint density at radius 3 is 2.44 bits per heavy atom. The molecule has 0 fully saturated rings. The number of rotatable bonds is 8. The second kappa shape index (κ2) is 10.5. The summed E-state index contributed by atoms with van der Waals surface area (Å²) in [5, 5.41) is 2.89. The van der Waals surface area contributed by atoms with Crippen molar-refractivity contribution < 1.29 is 28.5 Å². The highest BCUT2D eigenvalue weighted by atomic mass is 16.5. The summed E-state index contributed by atoms with van der Waals surface area (Å²) >= 11 is 0. The van der Waals surface area contributed by atoms with E-state index in [0.717, 1.165) is 16.7 Å². The maximum atomic E-state index is 13.2. The molecule has 0 saturated heterocycles. The van der Waals surface area contributed by atoms with E-state index in [1.807, 2.05) is 26.8 Å². The molecule has 1 aliphatic heterocycles. The van der Waals surface area contributed by atoms with Gasteiger partial charge in [0.05, 0.1) is 38.1 Å². The number of carbonyl (C=O) groups is 2. The lowest BCUT2D eigenvalue weighted by molar-refractivity contribution is -0.139. The molecule has 3 rings (SSSR count). The van der Waals surface area contributed by atoms with Gasteiger partial charge in [0.2, 0.25) is 0 Å². The van der Waals surface area contributed by atoms with Crippen molar-refractivity contribution in [2.24, 2.45) is 0 Å². The first-order valence-electron chi connectivity index (χ1n) is 11.1. The molecular formula is C26H32N2O6. The van der Waals surface area contributed by atoms with Crippen LogP contribution in [0.1, 0.15) is 35.2 Å². The molecule has 0 saturated carbocycles. The summed E-state index contributed by atoms with van der Waals surface area (Å²) in [4.78, 5) is 27.5. The van der Waals surface area contributed by atoms with E-state index in [-0.39, 0.29) is 24.8 Å². The smallest absolute Gasteiger partial charge is 0.338 e. The molecule has 1 aliphatic rings. The minimum absolute atomic E-state index is 0.00455. The number of likely N-dealkylation sites (N-methyl/N-ethyl adjacent to an activating group) is 1. The average Bonchev–Trinajstić information content (AvgIpc) is 2.82. The Morgan fingerprint density at radius 1 is 1.06 bits per heavy atom. The summed E-state index contributed by atoms with van der Waals surface area (Å²) in [6.45, 7) is 7.92. The van der Waals surface area contributed by atoms with E-state index in [1.54, 1.807) is 39.3 Å². The van der Waals surface area contributed by atoms with E-state index in [4.69, 9.17) is 18.9 Å². The van der Waals surface area contributed by atoms with Gasteiger partial charge in [0, 0.05) is 12.6 Å². The molecule has 0 aliphatic carbocycles. The lowest BCUT2D eigenvalue weighted by Crippen LogP contribution is -2.48. The third-order valence-electron chi connectivity index (χ3n) is 5.95. The molecule has 0 spiro atoms. The third-order valence-corrected chi connectivity index (χ3v) is 5.95. The summed E-state index contributed by atoms with van der Waals surface area (Å²) in [6, 6.07) is 8.05. The molecule has 1 atom stereocenters. The Morgan fingerprint density at radius 2 is 1.79 bits per heavy atom. The molecule has 8 nitrogen and oxygen atoms in total. The molecular weight excluding hydrogens is 436 g/mol. The third kappa shape index (κ3) is 4.95. The van der Waals surface area contributed by atoms with Crippen molar-refractivity contribution in [1.29, 1.82) is 0 Å². The van der Waals surface area contributed by atoms with Gasteiger partial charge in [0.25, 0.3) is 0 Å². The van der Waals surface area contributed by atoms with Crippen LogP contribution in [0.4, 0.5) is 4.79 Å². The van der Waals surface area contributed by atoms with Gasteiger partial charge in [-0.2, -0.15) is 0 Å². The van der Waals surface area contributed by atoms with Crippen molar-refractivity contribution >= 4 is 12.0 Å². The number of ether oxygens (including phenoxy) is 4. The van der Waals surface area contributed by atoms with E-state index in [9.17, 15) is 9.59 Å². The van der Waals surface area contributed by atoms with Crippen molar-refractivity contribution in [2.45, 2.75) is 33.7 Å². The lowest BCUT2D eigenvalue weighted by atomic mass is 9.93. The van der Waals surface area contributed by atoms with Gasteiger partial charge in [-0.1, -0.05) is 6.07 Å². The number of urea groups is 1. The van der Waals surface area contributed by atoms with E-state index in [0.29, 0.717) is 28.5 Å². The zero-order valence-electron chi connectivity index (χ0n) is 20.8. The Bertz CT molecular complexity index is 1120. The highest BCUT2D eigenvalue weighted by Gasteiger charge is 2.38. The monoisotopic (exact) mass is 468 g/mol. The van der Waals surface area contributed by atoms with Crippen LogP contribution < -0.4 is 19.5 Å². The summed E-state index contributed by atoms with van der Waals surface area (Å²) in [6.07, 6.45) is 0. The topological polar surface area (TPSA) is 86.3 Å². The van der Waals surface area contributed by atoms with E-state index >= 15 is 0 Å². The number of esters is 1. The van der Waals surface area contributed by atoms with Crippen LogP contribution in [0.15, 0.2) is 41.6 Å². The maximum Gasteiger partial charge on any atom is 0.338 e. The number of amides is 2. The summed E-state index contributed by atoms with van der Waals surface area (Å²) in [5.41, 5.74) is 4.42. The zero-order valence-corrected chi connectivity index (χ0v) is 20.8. The van der Waals surface area contributed by atoms with Gasteiger partial charge >= 0.3 is 12.0 Å². The number of hydrogen-bond acceptors (Lipinski definition) is 6. The van der Waals surface area contributed by atoms with Crippen LogP contribution in [-0.4, -0.2) is 51.4 Å². The molecule has 8 heteroatoms. The first kappa shape index (κ1) is 25.0. The predicted molar refractivity (Wildman–Crippen MR) is 128 cm³/mol. The van der Waals surface area contributed by atoms with Crippen LogP contribution in [0.2, 0.25) is 0 Å². The number of benzene rings is 2. The average molecular weight is 469 g/mol. The molecule has 1 heterocycles. The largest absolute Gasteiger partial charge is 0.497 e. The molecule has 2 aromatic rings. The lowest BCUT2D eigenvalue weighted by Gasteiger charge is -2.35. The fourth-order valence-corrected chi connectivity index (χ4v) is 3.98. The van der Waals surface area contributed by atoms with Gasteiger partial charge in [0.1, 0.15) is 23.9 Å². The van der Waals surface area contributed by atoms with Crippen LogP contribution in [0.3, 0.4) is 0 Å². The van der Waals surface area contributed by atoms with Crippen molar-refractivity contribution in [2.75, 3.05) is 34.5 Å².